The molecule has 0 spiro atoms. The summed E-state index contributed by atoms with van der Waals surface area (Å²) in [6.07, 6.45) is -7.23. The van der Waals surface area contributed by atoms with E-state index < -0.39 is 107 Å². The molecule has 0 radical (unpaired) electrons. The molecule has 0 aliphatic carbocycles. The number of rotatable bonds is 22. The van der Waals surface area contributed by atoms with E-state index in [1.807, 2.05) is 0 Å². The summed E-state index contributed by atoms with van der Waals surface area (Å²) in [5.41, 5.74) is 4.15. The van der Waals surface area contributed by atoms with Crippen LogP contribution in [0.4, 0.5) is 5.82 Å². The van der Waals surface area contributed by atoms with Gasteiger partial charge in [0.2, 0.25) is 11.8 Å². The highest BCUT2D eigenvalue weighted by Gasteiger charge is 2.50. The lowest BCUT2D eigenvalue weighted by Gasteiger charge is -2.30. The van der Waals surface area contributed by atoms with Crippen LogP contribution in [0.2, 0.25) is 0 Å². The molecule has 3 unspecified atom stereocenters. The van der Waals surface area contributed by atoms with Gasteiger partial charge in [0.15, 0.2) is 22.8 Å². The third-order valence-corrected chi connectivity index (χ3v) is 11.8. The molecule has 2 amide bonds. The zero-order chi connectivity index (χ0) is 43.1. The molecule has 0 saturated carbocycles. The summed E-state index contributed by atoms with van der Waals surface area (Å²) >= 11 is 0.640. The molecule has 3 heterocycles. The molecule has 1 aliphatic rings. The predicted molar refractivity (Wildman–Crippen MR) is 189 cm³/mol. The van der Waals surface area contributed by atoms with Crippen molar-refractivity contribution in [2.45, 2.75) is 57.8 Å². The van der Waals surface area contributed by atoms with Crippen molar-refractivity contribution < 1.29 is 95.2 Å². The van der Waals surface area contributed by atoms with Crippen LogP contribution < -0.4 is 16.4 Å². The highest BCUT2D eigenvalue weighted by molar-refractivity contribution is 8.13. The fourth-order valence-electron chi connectivity index (χ4n) is 4.70. The summed E-state index contributed by atoms with van der Waals surface area (Å²) < 4.78 is 61.9. The number of carbonyl (C=O) groups is 5. The van der Waals surface area contributed by atoms with E-state index >= 15 is 0 Å². The average molecular weight is 896 g/mol. The minimum atomic E-state index is -5.60. The van der Waals surface area contributed by atoms with E-state index in [-0.39, 0.29) is 42.2 Å². The Morgan fingerprint density at radius 2 is 1.68 bits per heavy atom. The minimum absolute atomic E-state index is 0.0119. The zero-order valence-electron chi connectivity index (χ0n) is 29.9. The fraction of sp³-hybridized carbons (Fsp3) is 0.615. The van der Waals surface area contributed by atoms with Crippen LogP contribution >= 0.6 is 35.2 Å². The van der Waals surface area contributed by atoms with Gasteiger partial charge in [-0.3, -0.25) is 37.3 Å². The van der Waals surface area contributed by atoms with Crippen molar-refractivity contribution in [2.75, 3.05) is 37.8 Å². The summed E-state index contributed by atoms with van der Waals surface area (Å²) in [5.74, 6) is -6.07. The monoisotopic (exact) mass is 895 g/mol. The molecule has 0 bridgehead atoms. The molecule has 27 nitrogen and oxygen atoms in total. The number of phosphoric acid groups is 3. The number of carboxylic acid groups (broad SMARTS) is 1. The molecule has 2 aromatic heterocycles. The number of nitrogens with one attached hydrogen (secondary N) is 2. The number of Topliss-reactive ketones (excluding diaryl/α,β-unsaturated/α-hetero) is 1. The van der Waals surface area contributed by atoms with E-state index in [0.29, 0.717) is 11.8 Å². The van der Waals surface area contributed by atoms with E-state index in [1.165, 1.54) is 13.8 Å². The molecule has 57 heavy (non-hydrogen) atoms. The minimum Gasteiger partial charge on any atom is -0.475 e. The van der Waals surface area contributed by atoms with Gasteiger partial charge in [0.05, 0.1) is 25.5 Å². The van der Waals surface area contributed by atoms with Crippen LogP contribution in [0.3, 0.4) is 0 Å². The van der Waals surface area contributed by atoms with Crippen LogP contribution in [0, 0.1) is 11.3 Å². The van der Waals surface area contributed by atoms with E-state index in [2.05, 4.69) is 34.4 Å². The van der Waals surface area contributed by atoms with Crippen molar-refractivity contribution >= 4 is 80.9 Å². The molecule has 1 aliphatic heterocycles. The number of ether oxygens (including phenoxy) is 1. The maximum atomic E-state index is 12.7. The first-order chi connectivity index (χ1) is 26.2. The van der Waals surface area contributed by atoms with Crippen LogP contribution in [-0.2, 0) is 60.3 Å². The molecule has 1 saturated heterocycles. The van der Waals surface area contributed by atoms with E-state index in [0.717, 1.165) is 24.1 Å². The summed E-state index contributed by atoms with van der Waals surface area (Å²) in [6, 6.07) is 0. The van der Waals surface area contributed by atoms with Gasteiger partial charge in [-0.25, -0.2) is 33.4 Å². The number of imidazole rings is 1. The van der Waals surface area contributed by atoms with Gasteiger partial charge in [-0.15, -0.1) is 0 Å². The molecule has 320 valence electrons. The number of ketones is 1. The molecule has 11 N–H and O–H groups in total. The van der Waals surface area contributed by atoms with Crippen molar-refractivity contribution in [2.24, 2.45) is 11.3 Å². The highest BCUT2D eigenvalue weighted by atomic mass is 32.2. The molecule has 1 fully saturated rings. The van der Waals surface area contributed by atoms with Crippen molar-refractivity contribution in [3.8, 4) is 0 Å². The highest BCUT2D eigenvalue weighted by Crippen LogP contribution is 2.61. The van der Waals surface area contributed by atoms with Crippen molar-refractivity contribution in [3.05, 3.63) is 12.7 Å². The Labute approximate surface area is 325 Å². The van der Waals surface area contributed by atoms with Crippen LogP contribution in [0.15, 0.2) is 12.7 Å². The molecule has 2 aromatic rings. The van der Waals surface area contributed by atoms with E-state index in [9.17, 15) is 67.5 Å². The van der Waals surface area contributed by atoms with Crippen LogP contribution in [0.5, 0.6) is 0 Å². The smallest absolute Gasteiger partial charge is 0.475 e. The van der Waals surface area contributed by atoms with Gasteiger partial charge in [-0.05, 0) is 6.92 Å². The number of aromatic nitrogens is 4. The maximum absolute atomic E-state index is 12.7. The number of fused-ring (bicyclic) bond motifs is 1. The lowest BCUT2D eigenvalue weighted by molar-refractivity contribution is -0.151. The lowest BCUT2D eigenvalue weighted by atomic mass is 9.87. The topological polar surface area (TPSA) is 418 Å². The van der Waals surface area contributed by atoms with Gasteiger partial charge in [-0.2, -0.15) is 4.31 Å². The zero-order valence-corrected chi connectivity index (χ0v) is 33.4. The summed E-state index contributed by atoms with van der Waals surface area (Å²) in [6.45, 7) is 1.10. The fourth-order valence-corrected chi connectivity index (χ4v) is 8.29. The lowest BCUT2D eigenvalue weighted by Crippen LogP contribution is -2.46. The first-order valence-corrected chi connectivity index (χ1v) is 21.6. The molecule has 8 atom stereocenters. The number of phosphoric ester groups is 3. The molecular formula is C26H40N7O20P3S. The van der Waals surface area contributed by atoms with Crippen molar-refractivity contribution in [1.29, 1.82) is 0 Å². The molecule has 31 heteroatoms. The normalized spacial score (nSPS) is 21.9. The van der Waals surface area contributed by atoms with Gasteiger partial charge in [0.1, 0.15) is 36.3 Å². The number of amides is 2. The number of hydrogen-bond donors (Lipinski definition) is 10. The quantitative estimate of drug-likeness (QED) is 0.0263. The van der Waals surface area contributed by atoms with Crippen LogP contribution in [0.25, 0.3) is 11.2 Å². The van der Waals surface area contributed by atoms with Gasteiger partial charge < -0.3 is 56.0 Å². The Morgan fingerprint density at radius 3 is 2.32 bits per heavy atom. The predicted octanol–water partition coefficient (Wildman–Crippen LogP) is -2.05. The number of aliphatic carboxylic acids is 1. The average Bonchev–Trinajstić information content (AvgIpc) is 3.67. The van der Waals surface area contributed by atoms with Gasteiger partial charge in [0, 0.05) is 30.7 Å². The number of nitrogens with two attached hydrogens (primary N) is 1. The van der Waals surface area contributed by atoms with Gasteiger partial charge >= 0.3 is 29.4 Å². The largest absolute Gasteiger partial charge is 0.481 e. The Morgan fingerprint density at radius 1 is 1.04 bits per heavy atom. The molecule has 3 rings (SSSR count). The summed E-state index contributed by atoms with van der Waals surface area (Å²) in [4.78, 5) is 109. The van der Waals surface area contributed by atoms with E-state index in [1.54, 1.807) is 0 Å². The molecular weight excluding hydrogens is 855 g/mol. The maximum Gasteiger partial charge on any atom is 0.481 e. The Hall–Kier alpha value is -3.30. The number of carboxylic acids is 1. The third-order valence-electron chi connectivity index (χ3n) is 7.70. The van der Waals surface area contributed by atoms with Gasteiger partial charge in [0.25, 0.3) is 5.78 Å². The van der Waals surface area contributed by atoms with Gasteiger partial charge in [-0.1, -0.05) is 25.6 Å². The number of anilines is 1. The van der Waals surface area contributed by atoms with Crippen molar-refractivity contribution in [1.82, 2.24) is 30.2 Å². The van der Waals surface area contributed by atoms with Crippen molar-refractivity contribution in [3.63, 3.8) is 0 Å². The molecule has 0 aromatic carbocycles. The number of aliphatic hydroxyl groups excluding tert-OH is 2. The number of aliphatic hydroxyl groups is 2. The second-order valence-electron chi connectivity index (χ2n) is 12.6. The number of nitrogens with zero attached hydrogens (tertiary/aromatic N) is 4. The van der Waals surface area contributed by atoms with Crippen LogP contribution in [-0.4, -0.2) is 140 Å². The number of thioether (sulfide) groups is 1. The van der Waals surface area contributed by atoms with Crippen LogP contribution in [0.1, 0.15) is 33.4 Å². The third kappa shape index (κ3) is 13.9. The first kappa shape index (κ1) is 48.1. The Bertz CT molecular complexity index is 1960. The number of carbonyl (C=O) groups excluding carboxylic acids is 4. The Balaban J connectivity index is 1.48. The second kappa shape index (κ2) is 19.6. The standard InChI is InChI=1S/C26H40N7O20P3S/c1-12(16(35)24(39)40)25(41)57-7-6-28-14(34)4-5-29-22(38)19(37)26(2,3)9-50-56(47,48)53-55(45,46)49-8-13-18(52-54(42,43)44)17(36)23(51-13)33-11-32-15-20(27)30-10-31-21(15)33/h10-13,17-19,23,36-37H,4-9H2,1-3H3,(H,28,34)(H,29,38)(H,39,40)(H,45,46)(H,47,48)(H2,27,30,31)(H2,42,43,44)/t12?,13-,17-,18-,19+,23+/m1/s1. The summed E-state index contributed by atoms with van der Waals surface area (Å²) in [7, 11) is -16.5. The SMILES string of the molecule is CC(C(=O)SCCNC(=O)CCNC(=O)[C@H](O)C(C)(C)COP(=O)(O)OP(=O)(O)OC[C@H]1O[C@H](n2cnc3c(N)ncnc32)[C@H](O)[C@@H]1OP(=O)(O)O)C(=O)C(=O)O. The number of hydrogen-bond acceptors (Lipinski definition) is 20. The first-order valence-electron chi connectivity index (χ1n) is 16.1. The summed E-state index contributed by atoms with van der Waals surface area (Å²) in [5, 5.41) is 34.0. The number of nitrogen functional groups attached to an aromatic ring is 1. The van der Waals surface area contributed by atoms with E-state index in [4.69, 9.17) is 24.6 Å². The second-order valence-corrected chi connectivity index (χ2v) is 18.0. The Kier molecular flexibility index (Phi) is 16.6.